The van der Waals surface area contributed by atoms with Gasteiger partial charge in [-0.1, -0.05) is 6.08 Å². The first-order valence-electron chi connectivity index (χ1n) is 8.33. The van der Waals surface area contributed by atoms with Gasteiger partial charge in [-0.2, -0.15) is 5.10 Å². The highest BCUT2D eigenvalue weighted by Crippen LogP contribution is 2.18. The van der Waals surface area contributed by atoms with Gasteiger partial charge in [-0.15, -0.1) is 6.58 Å². The molecule has 0 aliphatic carbocycles. The zero-order valence-electron chi connectivity index (χ0n) is 15.9. The van der Waals surface area contributed by atoms with Crippen molar-refractivity contribution in [3.63, 3.8) is 0 Å². The van der Waals surface area contributed by atoms with Crippen LogP contribution in [0.3, 0.4) is 0 Å². The first-order valence-corrected chi connectivity index (χ1v) is 9.82. The van der Waals surface area contributed by atoms with Gasteiger partial charge < -0.3 is 10.1 Å². The molecule has 0 radical (unpaired) electrons. The lowest BCUT2D eigenvalue weighted by molar-refractivity contribution is -0.119. The van der Waals surface area contributed by atoms with Crippen LogP contribution in [0.2, 0.25) is 0 Å². The van der Waals surface area contributed by atoms with Crippen molar-refractivity contribution >= 4 is 27.6 Å². The van der Waals surface area contributed by atoms with E-state index in [0.717, 1.165) is 5.69 Å². The molecule has 1 heterocycles. The number of esters is 1. The topological polar surface area (TPSA) is 119 Å². The van der Waals surface area contributed by atoms with Crippen LogP contribution in [0.25, 0.3) is 0 Å². The Morgan fingerprint density at radius 3 is 2.43 bits per heavy atom. The molecule has 9 nitrogen and oxygen atoms in total. The number of rotatable bonds is 8. The van der Waals surface area contributed by atoms with Gasteiger partial charge in [0.15, 0.2) is 6.61 Å². The van der Waals surface area contributed by atoms with Gasteiger partial charge in [0.2, 0.25) is 10.0 Å². The smallest absolute Gasteiger partial charge is 0.338 e. The van der Waals surface area contributed by atoms with Gasteiger partial charge in [-0.3, -0.25) is 9.48 Å². The van der Waals surface area contributed by atoms with Crippen LogP contribution in [0, 0.1) is 13.8 Å². The number of carbonyl (C=O) groups excluding carboxylic acids is 2. The van der Waals surface area contributed by atoms with E-state index in [2.05, 4.69) is 21.7 Å². The zero-order valence-corrected chi connectivity index (χ0v) is 16.7. The van der Waals surface area contributed by atoms with Gasteiger partial charge in [-0.25, -0.2) is 17.9 Å². The summed E-state index contributed by atoms with van der Waals surface area (Å²) in [6.45, 7) is 6.62. The summed E-state index contributed by atoms with van der Waals surface area (Å²) in [6, 6.07) is 5.20. The van der Waals surface area contributed by atoms with E-state index in [-0.39, 0.29) is 17.0 Å². The van der Waals surface area contributed by atoms with E-state index in [1.54, 1.807) is 25.6 Å². The molecule has 150 valence electrons. The first kappa shape index (κ1) is 21.3. The van der Waals surface area contributed by atoms with Crippen molar-refractivity contribution in [3.8, 4) is 0 Å². The lowest BCUT2D eigenvalue weighted by Gasteiger charge is -2.08. The second kappa shape index (κ2) is 8.81. The Hall–Kier alpha value is -2.98. The fraction of sp³-hybridized carbons (Fsp3) is 0.278. The Morgan fingerprint density at radius 2 is 1.89 bits per heavy atom. The Kier molecular flexibility index (Phi) is 6.71. The molecule has 0 saturated heterocycles. The number of carbonyl (C=O) groups is 2. The van der Waals surface area contributed by atoms with Crippen LogP contribution in [0.4, 0.5) is 5.69 Å². The highest BCUT2D eigenvalue weighted by atomic mass is 32.2. The summed E-state index contributed by atoms with van der Waals surface area (Å²) in [6.07, 6.45) is 1.42. The molecule has 0 saturated carbocycles. The number of aryl methyl sites for hydroxylation is 2. The van der Waals surface area contributed by atoms with E-state index in [4.69, 9.17) is 4.74 Å². The maximum Gasteiger partial charge on any atom is 0.338 e. The van der Waals surface area contributed by atoms with Gasteiger partial charge in [0, 0.05) is 13.6 Å². The Morgan fingerprint density at radius 1 is 1.25 bits per heavy atom. The molecule has 0 atom stereocenters. The van der Waals surface area contributed by atoms with Crippen LogP contribution in [0.15, 0.2) is 41.8 Å². The van der Waals surface area contributed by atoms with E-state index < -0.39 is 28.5 Å². The second-order valence-electron chi connectivity index (χ2n) is 5.96. The van der Waals surface area contributed by atoms with Crippen LogP contribution in [-0.2, 0) is 26.6 Å². The number of sulfonamides is 1. The molecule has 10 heteroatoms. The minimum atomic E-state index is -3.68. The number of aromatic nitrogens is 2. The molecule has 0 fully saturated rings. The van der Waals surface area contributed by atoms with Crippen LogP contribution in [-0.4, -0.2) is 43.2 Å². The average molecular weight is 406 g/mol. The average Bonchev–Trinajstić information content (AvgIpc) is 2.90. The zero-order chi connectivity index (χ0) is 20.9. The maximum atomic E-state index is 12.1. The van der Waals surface area contributed by atoms with Crippen molar-refractivity contribution in [1.29, 1.82) is 0 Å². The highest BCUT2D eigenvalue weighted by molar-refractivity contribution is 7.89. The van der Waals surface area contributed by atoms with Crippen molar-refractivity contribution in [3.05, 3.63) is 53.9 Å². The molecule has 1 aromatic heterocycles. The largest absolute Gasteiger partial charge is 0.452 e. The fourth-order valence-electron chi connectivity index (χ4n) is 2.37. The third-order valence-corrected chi connectivity index (χ3v) is 5.37. The van der Waals surface area contributed by atoms with E-state index in [1.807, 2.05) is 0 Å². The molecule has 0 spiro atoms. The summed E-state index contributed by atoms with van der Waals surface area (Å²) in [5.74, 6) is -1.24. The van der Waals surface area contributed by atoms with Crippen LogP contribution < -0.4 is 10.0 Å². The second-order valence-corrected chi connectivity index (χ2v) is 7.73. The molecular formula is C18H22N4O5S. The number of hydrogen-bond donors (Lipinski definition) is 2. The van der Waals surface area contributed by atoms with E-state index in [1.165, 1.54) is 30.3 Å². The molecular weight excluding hydrogens is 384 g/mol. The summed E-state index contributed by atoms with van der Waals surface area (Å²) in [5, 5.41) is 6.85. The molecule has 0 bridgehead atoms. The first-order chi connectivity index (χ1) is 13.2. The molecule has 0 aliphatic heterocycles. The van der Waals surface area contributed by atoms with Crippen molar-refractivity contribution < 1.29 is 22.7 Å². The van der Waals surface area contributed by atoms with E-state index >= 15 is 0 Å². The molecule has 1 amide bonds. The van der Waals surface area contributed by atoms with E-state index in [9.17, 15) is 18.0 Å². The van der Waals surface area contributed by atoms with Crippen molar-refractivity contribution in [2.75, 3.05) is 18.5 Å². The summed E-state index contributed by atoms with van der Waals surface area (Å²) in [4.78, 5) is 24.1. The number of amides is 1. The van der Waals surface area contributed by atoms with Crippen LogP contribution >= 0.6 is 0 Å². The monoisotopic (exact) mass is 406 g/mol. The third kappa shape index (κ3) is 5.05. The number of nitrogens with zero attached hydrogens (tertiary/aromatic N) is 2. The fourth-order valence-corrected chi connectivity index (χ4v) is 3.36. The summed E-state index contributed by atoms with van der Waals surface area (Å²) in [7, 11) is -1.92. The Labute approximate surface area is 163 Å². The van der Waals surface area contributed by atoms with Crippen molar-refractivity contribution in [2.24, 2.45) is 7.05 Å². The van der Waals surface area contributed by atoms with Gasteiger partial charge in [0.05, 0.1) is 27.5 Å². The molecule has 2 N–H and O–H groups in total. The predicted molar refractivity (Wildman–Crippen MR) is 103 cm³/mol. The van der Waals surface area contributed by atoms with Crippen LogP contribution in [0.1, 0.15) is 21.7 Å². The van der Waals surface area contributed by atoms with Gasteiger partial charge in [0.25, 0.3) is 5.91 Å². The summed E-state index contributed by atoms with van der Waals surface area (Å²) >= 11 is 0. The standard InChI is InChI=1S/C18H22N4O5S/c1-5-10-19-28(25,26)15-8-6-14(7-9-15)18(24)27-11-16(23)20-17-12(2)21-22(4)13(17)3/h5-9,19H,1,10-11H2,2-4H3,(H,20,23). The van der Waals surface area contributed by atoms with Gasteiger partial charge in [0.1, 0.15) is 0 Å². The molecule has 28 heavy (non-hydrogen) atoms. The van der Waals surface area contributed by atoms with E-state index in [0.29, 0.717) is 11.4 Å². The SMILES string of the molecule is C=CCNS(=O)(=O)c1ccc(C(=O)OCC(=O)Nc2c(C)nn(C)c2C)cc1. The molecule has 0 aliphatic rings. The minimum absolute atomic E-state index is 0.00571. The maximum absolute atomic E-state index is 12.1. The number of anilines is 1. The minimum Gasteiger partial charge on any atom is -0.452 e. The number of ether oxygens (including phenoxy) is 1. The van der Waals surface area contributed by atoms with Crippen LogP contribution in [0.5, 0.6) is 0 Å². The van der Waals surface area contributed by atoms with Crippen molar-refractivity contribution in [2.45, 2.75) is 18.7 Å². The van der Waals surface area contributed by atoms with Gasteiger partial charge in [-0.05, 0) is 38.1 Å². The number of benzene rings is 1. The normalized spacial score (nSPS) is 11.1. The lowest BCUT2D eigenvalue weighted by Crippen LogP contribution is -2.24. The predicted octanol–water partition coefficient (Wildman–Crippen LogP) is 1.30. The Balaban J connectivity index is 1.96. The molecule has 0 unspecified atom stereocenters. The van der Waals surface area contributed by atoms with Gasteiger partial charge >= 0.3 is 5.97 Å². The quantitative estimate of drug-likeness (QED) is 0.504. The number of hydrogen-bond acceptors (Lipinski definition) is 6. The molecule has 2 rings (SSSR count). The summed E-state index contributed by atoms with van der Waals surface area (Å²) in [5.41, 5.74) is 2.13. The number of nitrogens with one attached hydrogen (secondary N) is 2. The Bertz CT molecular complexity index is 994. The lowest BCUT2D eigenvalue weighted by atomic mass is 10.2. The molecule has 1 aromatic carbocycles. The molecule has 2 aromatic rings. The van der Waals surface area contributed by atoms with Crippen molar-refractivity contribution in [1.82, 2.24) is 14.5 Å². The highest BCUT2D eigenvalue weighted by Gasteiger charge is 2.17. The summed E-state index contributed by atoms with van der Waals surface area (Å²) < 4.78 is 32.9. The third-order valence-electron chi connectivity index (χ3n) is 3.93.